The second-order valence-electron chi connectivity index (χ2n) is 10.1. The van der Waals surface area contributed by atoms with E-state index in [0.717, 1.165) is 38.5 Å². The maximum Gasteiger partial charge on any atom is 0.253 e. The number of primary amides is 1. The molecule has 3 aromatic rings. The summed E-state index contributed by atoms with van der Waals surface area (Å²) in [6.45, 7) is 1.55. The molecule has 2 bridgehead atoms. The lowest BCUT2D eigenvalue weighted by Crippen LogP contribution is -2.41. The summed E-state index contributed by atoms with van der Waals surface area (Å²) in [5, 5.41) is 6.61. The number of rotatable bonds is 7. The highest BCUT2D eigenvalue weighted by Crippen LogP contribution is 2.45. The number of carbonyl (C=O) groups excluding carboxylic acids is 2. The van der Waals surface area contributed by atoms with E-state index in [1.807, 2.05) is 17.0 Å². The van der Waals surface area contributed by atoms with Crippen molar-refractivity contribution in [1.82, 2.24) is 19.9 Å². The monoisotopic (exact) mass is 513 g/mol. The van der Waals surface area contributed by atoms with Gasteiger partial charge in [-0.3, -0.25) is 14.6 Å². The Balaban J connectivity index is 1.32. The third kappa shape index (κ3) is 4.57. The second-order valence-corrected chi connectivity index (χ2v) is 10.1. The van der Waals surface area contributed by atoms with E-state index < -0.39 is 5.82 Å². The van der Waals surface area contributed by atoms with Crippen molar-refractivity contribution in [3.8, 4) is 11.1 Å². The molecule has 2 aliphatic carbocycles. The van der Waals surface area contributed by atoms with Crippen LogP contribution in [0.4, 0.5) is 21.8 Å². The van der Waals surface area contributed by atoms with Gasteiger partial charge in [0.05, 0.1) is 12.1 Å². The number of likely N-dealkylation sites (tertiary alicyclic amines) is 1. The fourth-order valence-corrected chi connectivity index (χ4v) is 5.85. The SMILES string of the molecule is NC(=O)[C@@H]1[C@H](Nc2nc(Nc3cccc(C(=O)N4CCCC4)c3)ncc2-c2cncc(F)c2)[C@H]2C=C[C@@H]1C2. The first-order valence-electron chi connectivity index (χ1n) is 12.8. The molecule has 1 aliphatic heterocycles. The van der Waals surface area contributed by atoms with E-state index in [0.29, 0.717) is 34.1 Å². The van der Waals surface area contributed by atoms with Gasteiger partial charge < -0.3 is 21.3 Å². The zero-order valence-corrected chi connectivity index (χ0v) is 20.7. The molecular formula is C28H28FN7O2. The van der Waals surface area contributed by atoms with Crippen molar-refractivity contribution in [3.63, 3.8) is 0 Å². The van der Waals surface area contributed by atoms with Gasteiger partial charge >= 0.3 is 0 Å². The highest BCUT2D eigenvalue weighted by molar-refractivity contribution is 5.95. The lowest BCUT2D eigenvalue weighted by molar-refractivity contribution is -0.122. The van der Waals surface area contributed by atoms with Crippen molar-refractivity contribution >= 4 is 29.3 Å². The number of nitrogens with one attached hydrogen (secondary N) is 2. The molecule has 0 spiro atoms. The molecule has 0 radical (unpaired) electrons. The number of amides is 2. The molecule has 1 saturated carbocycles. The van der Waals surface area contributed by atoms with Gasteiger partial charge in [-0.15, -0.1) is 0 Å². The number of halogens is 1. The van der Waals surface area contributed by atoms with Crippen LogP contribution in [0, 0.1) is 23.6 Å². The minimum Gasteiger partial charge on any atom is -0.369 e. The van der Waals surface area contributed by atoms with Gasteiger partial charge in [-0.2, -0.15) is 4.98 Å². The quantitative estimate of drug-likeness (QED) is 0.411. The molecule has 4 N–H and O–H groups in total. The number of benzene rings is 1. The summed E-state index contributed by atoms with van der Waals surface area (Å²) in [7, 11) is 0. The molecule has 2 aromatic heterocycles. The van der Waals surface area contributed by atoms with E-state index in [9.17, 15) is 14.0 Å². The smallest absolute Gasteiger partial charge is 0.253 e. The zero-order chi connectivity index (χ0) is 26.2. The number of nitrogens with zero attached hydrogens (tertiary/aromatic N) is 4. The summed E-state index contributed by atoms with van der Waals surface area (Å²) < 4.78 is 14.0. The fraction of sp³-hybridized carbons (Fsp3) is 0.321. The Labute approximate surface area is 219 Å². The molecule has 38 heavy (non-hydrogen) atoms. The predicted octanol–water partition coefficient (Wildman–Crippen LogP) is 3.75. The summed E-state index contributed by atoms with van der Waals surface area (Å²) in [5.41, 5.74) is 8.08. The summed E-state index contributed by atoms with van der Waals surface area (Å²) in [5.74, 6) is -0.251. The van der Waals surface area contributed by atoms with Gasteiger partial charge in [0.15, 0.2) is 0 Å². The number of carbonyl (C=O) groups is 2. The number of aromatic nitrogens is 3. The molecule has 1 saturated heterocycles. The number of hydrogen-bond acceptors (Lipinski definition) is 7. The van der Waals surface area contributed by atoms with Crippen LogP contribution in [0.3, 0.4) is 0 Å². The van der Waals surface area contributed by atoms with Crippen LogP contribution in [0.15, 0.2) is 61.1 Å². The maximum atomic E-state index is 14.0. The lowest BCUT2D eigenvalue weighted by Gasteiger charge is -2.28. The molecule has 10 heteroatoms. The Hall–Kier alpha value is -4.34. The van der Waals surface area contributed by atoms with Gasteiger partial charge in [0.2, 0.25) is 11.9 Å². The van der Waals surface area contributed by atoms with Crippen LogP contribution in [0.2, 0.25) is 0 Å². The van der Waals surface area contributed by atoms with Gasteiger partial charge in [-0.1, -0.05) is 18.2 Å². The topological polar surface area (TPSA) is 126 Å². The van der Waals surface area contributed by atoms with Crippen molar-refractivity contribution < 1.29 is 14.0 Å². The van der Waals surface area contributed by atoms with Crippen LogP contribution in [0.5, 0.6) is 0 Å². The van der Waals surface area contributed by atoms with Crippen molar-refractivity contribution in [2.75, 3.05) is 23.7 Å². The third-order valence-electron chi connectivity index (χ3n) is 7.65. The highest BCUT2D eigenvalue weighted by Gasteiger charge is 2.47. The standard InChI is InChI=1S/C28H28FN7O2/c29-20-11-19(13-31-14-20)22-15-32-28(33-21-5-3-4-18(12-21)27(38)36-8-1-2-9-36)35-26(22)34-24-17-7-6-16(10-17)23(24)25(30)37/h3-7,11-17,23-24H,1-2,8-10H2,(H2,30,37)(H2,32,33,34,35)/t16-,17+,23+,24-/m1/s1. The van der Waals surface area contributed by atoms with E-state index in [4.69, 9.17) is 10.7 Å². The van der Waals surface area contributed by atoms with E-state index >= 15 is 0 Å². The molecule has 6 rings (SSSR count). The average molecular weight is 514 g/mol. The van der Waals surface area contributed by atoms with Gasteiger partial charge in [0.25, 0.3) is 5.91 Å². The number of pyridine rings is 1. The van der Waals surface area contributed by atoms with Crippen molar-refractivity contribution in [1.29, 1.82) is 0 Å². The van der Waals surface area contributed by atoms with Gasteiger partial charge in [-0.05, 0) is 55.4 Å². The Morgan fingerprint density at radius 2 is 1.87 bits per heavy atom. The summed E-state index contributed by atoms with van der Waals surface area (Å²) in [6, 6.07) is 8.36. The van der Waals surface area contributed by atoms with E-state index in [1.165, 1.54) is 6.07 Å². The van der Waals surface area contributed by atoms with Gasteiger partial charge in [0.1, 0.15) is 11.6 Å². The molecular weight excluding hydrogens is 485 g/mol. The number of hydrogen-bond donors (Lipinski definition) is 3. The number of nitrogens with two attached hydrogens (primary N) is 1. The van der Waals surface area contributed by atoms with E-state index in [2.05, 4.69) is 32.8 Å². The summed E-state index contributed by atoms with van der Waals surface area (Å²) in [4.78, 5) is 40.1. The first-order chi connectivity index (χ1) is 18.5. The Morgan fingerprint density at radius 3 is 2.66 bits per heavy atom. The fourth-order valence-electron chi connectivity index (χ4n) is 5.85. The minimum atomic E-state index is -0.479. The van der Waals surface area contributed by atoms with Crippen LogP contribution in [0.25, 0.3) is 11.1 Å². The normalized spacial score (nSPS) is 23.6. The lowest BCUT2D eigenvalue weighted by atomic mass is 9.88. The third-order valence-corrected chi connectivity index (χ3v) is 7.65. The Kier molecular flexibility index (Phi) is 6.22. The first-order valence-corrected chi connectivity index (χ1v) is 12.8. The molecule has 2 fully saturated rings. The number of anilines is 3. The molecule has 9 nitrogen and oxygen atoms in total. The number of allylic oxidation sites excluding steroid dienone is 1. The van der Waals surface area contributed by atoms with Crippen LogP contribution < -0.4 is 16.4 Å². The predicted molar refractivity (Wildman–Crippen MR) is 141 cm³/mol. The largest absolute Gasteiger partial charge is 0.369 e. The van der Waals surface area contributed by atoms with E-state index in [-0.39, 0.29) is 35.6 Å². The van der Waals surface area contributed by atoms with Crippen molar-refractivity contribution in [3.05, 3.63) is 72.5 Å². The first kappa shape index (κ1) is 24.0. The van der Waals surface area contributed by atoms with Gasteiger partial charge in [-0.25, -0.2) is 9.37 Å². The zero-order valence-electron chi connectivity index (χ0n) is 20.7. The van der Waals surface area contributed by atoms with Crippen LogP contribution in [-0.4, -0.2) is 50.8 Å². The summed E-state index contributed by atoms with van der Waals surface area (Å²) in [6.07, 6.45) is 11.3. The van der Waals surface area contributed by atoms with Crippen LogP contribution in [0.1, 0.15) is 29.6 Å². The Morgan fingerprint density at radius 1 is 1.05 bits per heavy atom. The molecule has 0 unspecified atom stereocenters. The molecule has 3 heterocycles. The minimum absolute atomic E-state index is 0.00482. The average Bonchev–Trinajstić information content (AvgIpc) is 3.67. The second kappa shape index (κ2) is 9.85. The maximum absolute atomic E-state index is 14.0. The molecule has 4 atom stereocenters. The summed E-state index contributed by atoms with van der Waals surface area (Å²) >= 11 is 0. The van der Waals surface area contributed by atoms with Crippen LogP contribution >= 0.6 is 0 Å². The highest BCUT2D eigenvalue weighted by atomic mass is 19.1. The van der Waals surface area contributed by atoms with Gasteiger partial charge in [0, 0.05) is 53.9 Å². The number of fused-ring (bicyclic) bond motifs is 2. The molecule has 194 valence electrons. The molecule has 1 aromatic carbocycles. The molecule has 3 aliphatic rings. The van der Waals surface area contributed by atoms with Crippen molar-refractivity contribution in [2.45, 2.75) is 25.3 Å². The van der Waals surface area contributed by atoms with E-state index in [1.54, 1.807) is 24.5 Å². The van der Waals surface area contributed by atoms with Crippen LogP contribution in [-0.2, 0) is 4.79 Å². The van der Waals surface area contributed by atoms with Crippen molar-refractivity contribution in [2.24, 2.45) is 23.5 Å². The Bertz CT molecular complexity index is 1420. The molecule has 2 amide bonds.